The molecule has 0 saturated heterocycles. The van der Waals surface area contributed by atoms with Gasteiger partial charge in [-0.1, -0.05) is 18.2 Å². The van der Waals surface area contributed by atoms with Crippen molar-refractivity contribution in [1.29, 1.82) is 0 Å². The van der Waals surface area contributed by atoms with Crippen LogP contribution in [0.15, 0.2) is 65.6 Å². The second-order valence-corrected chi connectivity index (χ2v) is 7.95. The number of amides is 2. The first-order chi connectivity index (χ1) is 15.8. The molecule has 2 amide bonds. The van der Waals surface area contributed by atoms with E-state index in [1.807, 2.05) is 48.7 Å². The molecule has 0 aliphatic heterocycles. The van der Waals surface area contributed by atoms with Crippen LogP contribution >= 0.6 is 0 Å². The highest BCUT2D eigenvalue weighted by molar-refractivity contribution is 5.96. The van der Waals surface area contributed by atoms with E-state index >= 15 is 0 Å². The molecule has 8 nitrogen and oxygen atoms in total. The Morgan fingerprint density at radius 3 is 2.12 bits per heavy atom. The van der Waals surface area contributed by atoms with Crippen molar-refractivity contribution < 1.29 is 9.59 Å². The SMILES string of the molecule is CC(=O)Nc1ccc(NC(=O)[C@@H](C)n2c(C)c3cnn(-c4ccccc4)c(=O)c3c2C)cc1. The number of para-hydroxylation sites is 1. The normalized spacial score (nSPS) is 11.9. The Morgan fingerprint density at radius 1 is 0.909 bits per heavy atom. The Kier molecular flexibility index (Phi) is 5.83. The lowest BCUT2D eigenvalue weighted by Gasteiger charge is -2.18. The minimum Gasteiger partial charge on any atom is -0.336 e. The zero-order chi connectivity index (χ0) is 23.7. The summed E-state index contributed by atoms with van der Waals surface area (Å²) >= 11 is 0. The fourth-order valence-corrected chi connectivity index (χ4v) is 4.12. The Hall–Kier alpha value is -4.20. The number of anilines is 2. The fraction of sp³-hybridized carbons (Fsp3) is 0.200. The van der Waals surface area contributed by atoms with Gasteiger partial charge in [0.15, 0.2) is 0 Å². The molecule has 0 aliphatic carbocycles. The summed E-state index contributed by atoms with van der Waals surface area (Å²) in [5.74, 6) is -0.378. The van der Waals surface area contributed by atoms with E-state index in [2.05, 4.69) is 15.7 Å². The number of aromatic nitrogens is 3. The predicted molar refractivity (Wildman–Crippen MR) is 129 cm³/mol. The number of fused-ring (bicyclic) bond motifs is 1. The van der Waals surface area contributed by atoms with Gasteiger partial charge >= 0.3 is 0 Å². The van der Waals surface area contributed by atoms with Crippen molar-refractivity contribution in [3.05, 3.63) is 82.5 Å². The molecule has 0 radical (unpaired) electrons. The molecule has 0 aliphatic rings. The zero-order valence-corrected chi connectivity index (χ0v) is 18.9. The molecule has 0 saturated carbocycles. The fourth-order valence-electron chi connectivity index (χ4n) is 4.12. The number of hydrogen-bond acceptors (Lipinski definition) is 4. The van der Waals surface area contributed by atoms with Gasteiger partial charge in [0.1, 0.15) is 6.04 Å². The summed E-state index contributed by atoms with van der Waals surface area (Å²) in [7, 11) is 0. The zero-order valence-electron chi connectivity index (χ0n) is 18.9. The Balaban J connectivity index is 1.66. The van der Waals surface area contributed by atoms with E-state index in [4.69, 9.17) is 0 Å². The van der Waals surface area contributed by atoms with Crippen LogP contribution in [0, 0.1) is 13.8 Å². The van der Waals surface area contributed by atoms with Crippen LogP contribution in [-0.2, 0) is 9.59 Å². The van der Waals surface area contributed by atoms with Crippen molar-refractivity contribution >= 4 is 34.0 Å². The van der Waals surface area contributed by atoms with Crippen molar-refractivity contribution in [1.82, 2.24) is 14.3 Å². The maximum absolute atomic E-state index is 13.3. The van der Waals surface area contributed by atoms with Gasteiger partial charge in [-0.15, -0.1) is 0 Å². The summed E-state index contributed by atoms with van der Waals surface area (Å²) in [6.07, 6.45) is 1.67. The quantitative estimate of drug-likeness (QED) is 0.488. The summed E-state index contributed by atoms with van der Waals surface area (Å²) in [5, 5.41) is 11.2. The second-order valence-electron chi connectivity index (χ2n) is 7.95. The van der Waals surface area contributed by atoms with E-state index in [9.17, 15) is 14.4 Å². The number of aryl methyl sites for hydroxylation is 2. The first-order valence-corrected chi connectivity index (χ1v) is 10.6. The third kappa shape index (κ3) is 4.15. The molecule has 0 bridgehead atoms. The minimum absolute atomic E-state index is 0.160. The van der Waals surface area contributed by atoms with Gasteiger partial charge in [0.25, 0.3) is 5.56 Å². The number of rotatable bonds is 5. The van der Waals surface area contributed by atoms with Gasteiger partial charge in [-0.3, -0.25) is 14.4 Å². The van der Waals surface area contributed by atoms with E-state index < -0.39 is 6.04 Å². The molecule has 0 unspecified atom stereocenters. The number of nitrogens with zero attached hydrogens (tertiary/aromatic N) is 3. The van der Waals surface area contributed by atoms with Crippen molar-refractivity contribution in [2.45, 2.75) is 33.7 Å². The highest BCUT2D eigenvalue weighted by atomic mass is 16.2. The number of benzene rings is 2. The van der Waals surface area contributed by atoms with E-state index in [-0.39, 0.29) is 17.4 Å². The lowest BCUT2D eigenvalue weighted by atomic mass is 10.2. The van der Waals surface area contributed by atoms with E-state index in [1.165, 1.54) is 11.6 Å². The number of carbonyl (C=O) groups excluding carboxylic acids is 2. The van der Waals surface area contributed by atoms with E-state index in [0.29, 0.717) is 28.1 Å². The van der Waals surface area contributed by atoms with Gasteiger partial charge in [0.05, 0.1) is 17.3 Å². The summed E-state index contributed by atoms with van der Waals surface area (Å²) in [5.41, 5.74) is 3.24. The van der Waals surface area contributed by atoms with Crippen LogP contribution < -0.4 is 16.2 Å². The van der Waals surface area contributed by atoms with Gasteiger partial charge in [-0.05, 0) is 57.2 Å². The number of nitrogens with one attached hydrogen (secondary N) is 2. The van der Waals surface area contributed by atoms with Gasteiger partial charge in [-0.2, -0.15) is 9.78 Å². The molecule has 4 aromatic rings. The van der Waals surface area contributed by atoms with Gasteiger partial charge in [0.2, 0.25) is 11.8 Å². The molecule has 1 atom stereocenters. The van der Waals surface area contributed by atoms with Crippen molar-refractivity contribution in [3.8, 4) is 5.69 Å². The van der Waals surface area contributed by atoms with E-state index in [0.717, 1.165) is 11.1 Å². The standard InChI is InChI=1S/C25H25N5O3/c1-15-22-14-26-30(21-8-6-5-7-9-21)25(33)23(22)16(2)29(15)17(3)24(32)28-20-12-10-19(11-13-20)27-18(4)31/h5-14,17H,1-4H3,(H,27,31)(H,28,32)/t17-/m1/s1. The minimum atomic E-state index is -0.558. The van der Waals surface area contributed by atoms with Crippen molar-refractivity contribution in [3.63, 3.8) is 0 Å². The molecule has 0 fully saturated rings. The average molecular weight is 444 g/mol. The van der Waals surface area contributed by atoms with Crippen molar-refractivity contribution in [2.75, 3.05) is 10.6 Å². The molecule has 33 heavy (non-hydrogen) atoms. The predicted octanol–water partition coefficient (Wildman–Crippen LogP) is 3.96. The summed E-state index contributed by atoms with van der Waals surface area (Å²) < 4.78 is 3.24. The Labute approximate surface area is 190 Å². The number of carbonyl (C=O) groups is 2. The third-order valence-electron chi connectivity index (χ3n) is 5.69. The Bertz CT molecular complexity index is 1400. The topological polar surface area (TPSA) is 98.0 Å². The van der Waals surface area contributed by atoms with Crippen LogP contribution in [0.1, 0.15) is 31.3 Å². The van der Waals surface area contributed by atoms with Gasteiger partial charge in [-0.25, -0.2) is 0 Å². The molecular formula is C25H25N5O3. The lowest BCUT2D eigenvalue weighted by Crippen LogP contribution is -2.25. The molecule has 168 valence electrons. The molecule has 2 N–H and O–H groups in total. The molecule has 0 spiro atoms. The number of hydrogen-bond donors (Lipinski definition) is 2. The Morgan fingerprint density at radius 2 is 1.52 bits per heavy atom. The second kappa shape index (κ2) is 8.74. The lowest BCUT2D eigenvalue weighted by molar-refractivity contribution is -0.119. The summed E-state index contributed by atoms with van der Waals surface area (Å²) in [4.78, 5) is 37.5. The first-order valence-electron chi connectivity index (χ1n) is 10.6. The molecule has 2 aromatic heterocycles. The highest BCUT2D eigenvalue weighted by Gasteiger charge is 2.23. The van der Waals surface area contributed by atoms with Gasteiger partial charge < -0.3 is 15.2 Å². The van der Waals surface area contributed by atoms with Crippen LogP contribution in [-0.4, -0.2) is 26.2 Å². The smallest absolute Gasteiger partial charge is 0.281 e. The summed E-state index contributed by atoms with van der Waals surface area (Å²) in [6, 6.07) is 15.6. The average Bonchev–Trinajstić information content (AvgIpc) is 3.05. The molecule has 2 aromatic carbocycles. The maximum atomic E-state index is 13.3. The largest absolute Gasteiger partial charge is 0.336 e. The monoisotopic (exact) mass is 443 g/mol. The summed E-state index contributed by atoms with van der Waals surface area (Å²) in [6.45, 7) is 6.96. The van der Waals surface area contributed by atoms with Crippen molar-refractivity contribution in [2.24, 2.45) is 0 Å². The van der Waals surface area contributed by atoms with Crippen LogP contribution in [0.2, 0.25) is 0 Å². The molecular weight excluding hydrogens is 418 g/mol. The molecule has 4 rings (SSSR count). The third-order valence-corrected chi connectivity index (χ3v) is 5.69. The highest BCUT2D eigenvalue weighted by Crippen LogP contribution is 2.27. The van der Waals surface area contributed by atoms with Crippen LogP contribution in [0.4, 0.5) is 11.4 Å². The van der Waals surface area contributed by atoms with E-state index in [1.54, 1.807) is 37.4 Å². The maximum Gasteiger partial charge on any atom is 0.281 e. The molecule has 8 heteroatoms. The van der Waals surface area contributed by atoms with Crippen LogP contribution in [0.25, 0.3) is 16.5 Å². The first kappa shape index (κ1) is 22.0. The van der Waals surface area contributed by atoms with Crippen LogP contribution in [0.3, 0.4) is 0 Å². The van der Waals surface area contributed by atoms with Gasteiger partial charge in [0, 0.05) is 35.1 Å². The van der Waals surface area contributed by atoms with Crippen LogP contribution in [0.5, 0.6) is 0 Å². The molecule has 2 heterocycles.